The minimum absolute atomic E-state index is 0.0148. The third-order valence-corrected chi connectivity index (χ3v) is 3.15. The fourth-order valence-corrected chi connectivity index (χ4v) is 2.33. The molecule has 16 heavy (non-hydrogen) atoms. The molecule has 0 amide bonds. The maximum atomic E-state index is 11.9. The van der Waals surface area contributed by atoms with E-state index in [1.807, 2.05) is 13.1 Å². The maximum absolute atomic E-state index is 11.9. The summed E-state index contributed by atoms with van der Waals surface area (Å²) in [7, 11) is 0. The molecule has 1 aliphatic rings. The van der Waals surface area contributed by atoms with Crippen molar-refractivity contribution in [3.63, 3.8) is 0 Å². The standard InChI is InChI=1S/C12H15NO3/c1-2-13-7-8-5-3-4-6-9(8)10(11(13)14)12(15)16/h7H,2-6H2,1H3,(H,15,16). The molecule has 1 heterocycles. The molecule has 1 aromatic heterocycles. The van der Waals surface area contributed by atoms with Crippen LogP contribution in [0.5, 0.6) is 0 Å². The van der Waals surface area contributed by atoms with Gasteiger partial charge in [0.2, 0.25) is 0 Å². The second-order valence-electron chi connectivity index (χ2n) is 4.11. The molecule has 86 valence electrons. The molecule has 0 atom stereocenters. The predicted octanol–water partition coefficient (Wildman–Crippen LogP) is 1.45. The number of aromatic carboxylic acids is 1. The van der Waals surface area contributed by atoms with Gasteiger partial charge in [0.25, 0.3) is 5.56 Å². The van der Waals surface area contributed by atoms with Crippen LogP contribution in [0.25, 0.3) is 0 Å². The van der Waals surface area contributed by atoms with Gasteiger partial charge in [-0.2, -0.15) is 0 Å². The topological polar surface area (TPSA) is 59.3 Å². The first-order chi connectivity index (χ1) is 7.65. The van der Waals surface area contributed by atoms with Gasteiger partial charge in [0.1, 0.15) is 5.56 Å². The van der Waals surface area contributed by atoms with E-state index in [1.54, 1.807) is 0 Å². The summed E-state index contributed by atoms with van der Waals surface area (Å²) in [5.74, 6) is -1.09. The van der Waals surface area contributed by atoms with Gasteiger partial charge in [-0.05, 0) is 43.7 Å². The molecule has 0 saturated carbocycles. The Morgan fingerprint density at radius 1 is 1.44 bits per heavy atom. The van der Waals surface area contributed by atoms with Gasteiger partial charge in [0, 0.05) is 12.7 Å². The molecule has 4 heteroatoms. The van der Waals surface area contributed by atoms with Crippen molar-refractivity contribution in [3.05, 3.63) is 33.2 Å². The number of hydrogen-bond acceptors (Lipinski definition) is 2. The van der Waals surface area contributed by atoms with Crippen LogP contribution < -0.4 is 5.56 Å². The Morgan fingerprint density at radius 2 is 2.12 bits per heavy atom. The lowest BCUT2D eigenvalue weighted by molar-refractivity contribution is 0.0692. The highest BCUT2D eigenvalue weighted by Gasteiger charge is 2.22. The number of aryl methyl sites for hydroxylation is 2. The van der Waals surface area contributed by atoms with E-state index in [1.165, 1.54) is 4.57 Å². The van der Waals surface area contributed by atoms with Crippen molar-refractivity contribution in [2.24, 2.45) is 0 Å². The van der Waals surface area contributed by atoms with Crippen molar-refractivity contribution in [2.45, 2.75) is 39.2 Å². The van der Waals surface area contributed by atoms with Crippen LogP contribution in [-0.2, 0) is 19.4 Å². The number of fused-ring (bicyclic) bond motifs is 1. The van der Waals surface area contributed by atoms with Crippen molar-refractivity contribution in [1.29, 1.82) is 0 Å². The van der Waals surface area contributed by atoms with E-state index in [9.17, 15) is 9.59 Å². The Bertz CT molecular complexity index is 488. The molecule has 0 aliphatic heterocycles. The van der Waals surface area contributed by atoms with Gasteiger partial charge in [0.15, 0.2) is 0 Å². The molecule has 1 aromatic rings. The number of carbonyl (C=O) groups is 1. The molecule has 1 aliphatic carbocycles. The van der Waals surface area contributed by atoms with Gasteiger partial charge < -0.3 is 9.67 Å². The number of carboxylic acids is 1. The lowest BCUT2D eigenvalue weighted by Crippen LogP contribution is -2.30. The van der Waals surface area contributed by atoms with Crippen LogP contribution in [-0.4, -0.2) is 15.6 Å². The second-order valence-corrected chi connectivity index (χ2v) is 4.11. The average Bonchev–Trinajstić information content (AvgIpc) is 2.27. The van der Waals surface area contributed by atoms with E-state index in [-0.39, 0.29) is 11.1 Å². The summed E-state index contributed by atoms with van der Waals surface area (Å²) in [6, 6.07) is 0. The summed E-state index contributed by atoms with van der Waals surface area (Å²) in [6.45, 7) is 2.37. The highest BCUT2D eigenvalue weighted by molar-refractivity contribution is 5.89. The third kappa shape index (κ3) is 1.64. The highest BCUT2D eigenvalue weighted by atomic mass is 16.4. The molecule has 0 aromatic carbocycles. The predicted molar refractivity (Wildman–Crippen MR) is 60.0 cm³/mol. The molecule has 0 fully saturated rings. The summed E-state index contributed by atoms with van der Waals surface area (Å²) in [5, 5.41) is 9.13. The van der Waals surface area contributed by atoms with Crippen molar-refractivity contribution in [1.82, 2.24) is 4.57 Å². The number of carboxylic acid groups (broad SMARTS) is 1. The van der Waals surface area contributed by atoms with Crippen LogP contribution in [0.1, 0.15) is 41.3 Å². The van der Waals surface area contributed by atoms with Gasteiger partial charge in [0.05, 0.1) is 0 Å². The lowest BCUT2D eigenvalue weighted by Gasteiger charge is -2.19. The van der Waals surface area contributed by atoms with Crippen LogP contribution in [0, 0.1) is 0 Å². The summed E-state index contributed by atoms with van der Waals surface area (Å²) in [4.78, 5) is 23.0. The van der Waals surface area contributed by atoms with Crippen LogP contribution in [0.3, 0.4) is 0 Å². The lowest BCUT2D eigenvalue weighted by atomic mass is 9.90. The molecule has 0 spiro atoms. The van der Waals surface area contributed by atoms with Crippen molar-refractivity contribution in [3.8, 4) is 0 Å². The monoisotopic (exact) mass is 221 g/mol. The average molecular weight is 221 g/mol. The molecule has 1 N–H and O–H groups in total. The van der Waals surface area contributed by atoms with E-state index in [0.717, 1.165) is 36.8 Å². The first-order valence-electron chi connectivity index (χ1n) is 5.63. The third-order valence-electron chi connectivity index (χ3n) is 3.15. The summed E-state index contributed by atoms with van der Waals surface area (Å²) in [5.41, 5.74) is 1.41. The van der Waals surface area contributed by atoms with Crippen LogP contribution in [0.4, 0.5) is 0 Å². The molecule has 0 radical (unpaired) electrons. The summed E-state index contributed by atoms with van der Waals surface area (Å²) < 4.78 is 1.49. The Hall–Kier alpha value is -1.58. The Balaban J connectivity index is 2.72. The van der Waals surface area contributed by atoms with E-state index in [2.05, 4.69) is 0 Å². The van der Waals surface area contributed by atoms with Crippen molar-refractivity contribution < 1.29 is 9.90 Å². The fourth-order valence-electron chi connectivity index (χ4n) is 2.33. The number of rotatable bonds is 2. The Labute approximate surface area is 93.5 Å². The van der Waals surface area contributed by atoms with Gasteiger partial charge in [-0.1, -0.05) is 0 Å². The zero-order chi connectivity index (χ0) is 11.7. The largest absolute Gasteiger partial charge is 0.477 e. The van der Waals surface area contributed by atoms with Gasteiger partial charge >= 0.3 is 5.97 Å². The van der Waals surface area contributed by atoms with Crippen molar-refractivity contribution in [2.75, 3.05) is 0 Å². The number of aromatic nitrogens is 1. The Kier molecular flexibility index (Phi) is 2.81. The Morgan fingerprint density at radius 3 is 2.75 bits per heavy atom. The number of hydrogen-bond donors (Lipinski definition) is 1. The fraction of sp³-hybridized carbons (Fsp3) is 0.500. The minimum atomic E-state index is -1.09. The van der Waals surface area contributed by atoms with Crippen LogP contribution >= 0.6 is 0 Å². The van der Waals surface area contributed by atoms with E-state index < -0.39 is 5.97 Å². The van der Waals surface area contributed by atoms with E-state index >= 15 is 0 Å². The maximum Gasteiger partial charge on any atom is 0.341 e. The molecule has 0 unspecified atom stereocenters. The second kappa shape index (κ2) is 4.12. The minimum Gasteiger partial charge on any atom is -0.477 e. The molecular weight excluding hydrogens is 206 g/mol. The summed E-state index contributed by atoms with van der Waals surface area (Å²) >= 11 is 0. The highest BCUT2D eigenvalue weighted by Crippen LogP contribution is 2.22. The van der Waals surface area contributed by atoms with Crippen molar-refractivity contribution >= 4 is 5.97 Å². The number of nitrogens with zero attached hydrogens (tertiary/aromatic N) is 1. The first kappa shape index (κ1) is 10.9. The van der Waals surface area contributed by atoms with Gasteiger partial charge in [-0.15, -0.1) is 0 Å². The van der Waals surface area contributed by atoms with Gasteiger partial charge in [-0.25, -0.2) is 4.79 Å². The van der Waals surface area contributed by atoms with Crippen LogP contribution in [0.2, 0.25) is 0 Å². The molecule has 4 nitrogen and oxygen atoms in total. The normalized spacial score (nSPS) is 14.6. The molecule has 0 saturated heterocycles. The van der Waals surface area contributed by atoms with Crippen LogP contribution in [0.15, 0.2) is 11.0 Å². The smallest absolute Gasteiger partial charge is 0.341 e. The first-order valence-corrected chi connectivity index (χ1v) is 5.63. The quantitative estimate of drug-likeness (QED) is 0.822. The summed E-state index contributed by atoms with van der Waals surface area (Å²) in [6.07, 6.45) is 5.48. The zero-order valence-electron chi connectivity index (χ0n) is 9.32. The molecule has 0 bridgehead atoms. The molecular formula is C12H15NO3. The van der Waals surface area contributed by atoms with E-state index in [4.69, 9.17) is 5.11 Å². The molecule has 2 rings (SSSR count). The SMILES string of the molecule is CCn1cc2c(c(C(=O)O)c1=O)CCCC2. The van der Waals surface area contributed by atoms with Gasteiger partial charge in [-0.3, -0.25) is 4.79 Å². The number of pyridine rings is 1. The zero-order valence-corrected chi connectivity index (χ0v) is 9.32. The van der Waals surface area contributed by atoms with E-state index in [0.29, 0.717) is 6.54 Å².